The number of aromatic nitrogens is 1. The van der Waals surface area contributed by atoms with Gasteiger partial charge in [0.2, 0.25) is 0 Å². The van der Waals surface area contributed by atoms with Gasteiger partial charge in [-0.25, -0.2) is 0 Å². The molecule has 2 aliphatic heterocycles. The number of nitrogens with zero attached hydrogens (tertiary/aromatic N) is 2. The van der Waals surface area contributed by atoms with Crippen LogP contribution in [0, 0.1) is 20.8 Å². The first-order valence-electron chi connectivity index (χ1n) is 15.0. The highest BCUT2D eigenvalue weighted by Crippen LogP contribution is 2.50. The van der Waals surface area contributed by atoms with Crippen LogP contribution in [0.2, 0.25) is 13.1 Å². The largest absolute Gasteiger partial charge is 0.496 e. The minimum Gasteiger partial charge on any atom is -0.496 e. The zero-order valence-electron chi connectivity index (χ0n) is 25.5. The Morgan fingerprint density at radius 2 is 1.12 bits per heavy atom. The molecule has 208 valence electrons. The molecule has 0 unspecified atom stereocenters. The van der Waals surface area contributed by atoms with E-state index in [1.54, 1.807) is 7.11 Å². The van der Waals surface area contributed by atoms with E-state index >= 15 is 0 Å². The van der Waals surface area contributed by atoms with Crippen molar-refractivity contribution in [3.63, 3.8) is 0 Å². The van der Waals surface area contributed by atoms with Crippen LogP contribution in [0.1, 0.15) is 29.8 Å². The van der Waals surface area contributed by atoms with E-state index in [9.17, 15) is 0 Å². The Hall–Kier alpha value is -4.28. The maximum absolute atomic E-state index is 5.91. The number of rotatable bonds is 1. The molecular weight excluding hydrogens is 529 g/mol. The summed E-state index contributed by atoms with van der Waals surface area (Å²) in [6, 6.07) is 32.0. The molecule has 3 nitrogen and oxygen atoms in total. The summed E-state index contributed by atoms with van der Waals surface area (Å²) in [5.41, 5.74) is 9.25. The highest BCUT2D eigenvalue weighted by atomic mass is 28.3. The number of fused-ring (bicyclic) bond motifs is 9. The Kier molecular flexibility index (Phi) is 5.22. The van der Waals surface area contributed by atoms with Crippen LogP contribution >= 0.6 is 0 Å². The van der Waals surface area contributed by atoms with E-state index < -0.39 is 8.07 Å². The van der Waals surface area contributed by atoms with Crippen molar-refractivity contribution in [1.82, 2.24) is 4.57 Å². The maximum Gasteiger partial charge on any atom is 0.123 e. The molecule has 1 atom stereocenters. The molecule has 0 amide bonds. The van der Waals surface area contributed by atoms with E-state index in [0.29, 0.717) is 0 Å². The minimum absolute atomic E-state index is 0.0752. The van der Waals surface area contributed by atoms with Gasteiger partial charge in [-0.15, -0.1) is 0 Å². The van der Waals surface area contributed by atoms with Crippen LogP contribution in [-0.4, -0.2) is 19.8 Å². The van der Waals surface area contributed by atoms with Crippen LogP contribution in [0.3, 0.4) is 0 Å². The molecule has 0 saturated heterocycles. The van der Waals surface area contributed by atoms with E-state index in [-0.39, 0.29) is 6.17 Å². The molecule has 6 aromatic rings. The first-order valence-corrected chi connectivity index (χ1v) is 18.0. The third-order valence-electron chi connectivity index (χ3n) is 10.2. The predicted octanol–water partition coefficient (Wildman–Crippen LogP) is 8.97. The van der Waals surface area contributed by atoms with Crippen LogP contribution in [-0.2, 0) is 0 Å². The van der Waals surface area contributed by atoms with Crippen LogP contribution < -0.4 is 20.0 Å². The zero-order valence-corrected chi connectivity index (χ0v) is 26.5. The van der Waals surface area contributed by atoms with Gasteiger partial charge in [0, 0.05) is 22.0 Å². The molecular formula is C38H36N2OSi. The molecule has 0 aliphatic carbocycles. The van der Waals surface area contributed by atoms with Gasteiger partial charge >= 0.3 is 0 Å². The molecule has 0 radical (unpaired) electrons. The first-order chi connectivity index (χ1) is 20.3. The second-order valence-corrected chi connectivity index (χ2v) is 17.0. The number of aryl methyl sites for hydroxylation is 2. The summed E-state index contributed by atoms with van der Waals surface area (Å²) in [5, 5.41) is 10.7. The molecule has 3 heterocycles. The van der Waals surface area contributed by atoms with Crippen molar-refractivity contribution in [2.75, 3.05) is 12.0 Å². The molecule has 8 rings (SSSR count). The van der Waals surface area contributed by atoms with Crippen LogP contribution in [0.15, 0.2) is 84.9 Å². The van der Waals surface area contributed by atoms with Crippen LogP contribution in [0.5, 0.6) is 5.75 Å². The summed E-state index contributed by atoms with van der Waals surface area (Å²) >= 11 is 0. The third kappa shape index (κ3) is 3.05. The normalized spacial score (nSPS) is 16.4. The molecule has 2 aliphatic rings. The van der Waals surface area contributed by atoms with Crippen LogP contribution in [0.4, 0.5) is 11.4 Å². The number of hydrogen-bond donors (Lipinski definition) is 0. The minimum atomic E-state index is -2.04. The Bertz CT molecular complexity index is 2220. The molecule has 0 saturated carbocycles. The van der Waals surface area contributed by atoms with Gasteiger partial charge < -0.3 is 14.2 Å². The summed E-state index contributed by atoms with van der Waals surface area (Å²) in [5.74, 6) is 0.957. The fourth-order valence-electron chi connectivity index (χ4n) is 7.97. The van der Waals surface area contributed by atoms with Gasteiger partial charge in [0.15, 0.2) is 0 Å². The second-order valence-electron chi connectivity index (χ2n) is 12.6. The van der Waals surface area contributed by atoms with Gasteiger partial charge in [0.05, 0.1) is 23.8 Å². The number of hydrogen-bond acceptors (Lipinski definition) is 2. The van der Waals surface area contributed by atoms with Gasteiger partial charge in [-0.1, -0.05) is 92.0 Å². The van der Waals surface area contributed by atoms with Gasteiger partial charge in [-0.05, 0) is 76.8 Å². The SMILES string of the molecule is COc1ccc2c(c1C)N1c3c(ccc4c5ccccc5c5ccccc5c5ccc(C)c(C)c5n(c34)[C@@H]1C)[Si]2(C)C. The summed E-state index contributed by atoms with van der Waals surface area (Å²) in [6.45, 7) is 14.2. The predicted molar refractivity (Wildman–Crippen MR) is 183 cm³/mol. The van der Waals surface area contributed by atoms with Gasteiger partial charge in [0.1, 0.15) is 20.0 Å². The highest BCUT2D eigenvalue weighted by Gasteiger charge is 2.45. The van der Waals surface area contributed by atoms with E-state index in [1.807, 2.05) is 0 Å². The average molecular weight is 565 g/mol. The van der Waals surface area contributed by atoms with Gasteiger partial charge in [0.25, 0.3) is 0 Å². The second kappa shape index (κ2) is 8.62. The molecule has 4 heteroatoms. The maximum atomic E-state index is 5.91. The number of methoxy groups -OCH3 is 1. The monoisotopic (exact) mass is 564 g/mol. The molecule has 0 fully saturated rings. The van der Waals surface area contributed by atoms with Crippen molar-refractivity contribution < 1.29 is 4.74 Å². The molecule has 42 heavy (non-hydrogen) atoms. The molecule has 0 N–H and O–H groups in total. The van der Waals surface area contributed by atoms with E-state index in [2.05, 4.69) is 135 Å². The summed E-state index contributed by atoms with van der Waals surface area (Å²) in [7, 11) is -0.248. The molecule has 0 bridgehead atoms. The number of benzene rings is 5. The van der Waals surface area contributed by atoms with Crippen molar-refractivity contribution in [3.8, 4) is 5.75 Å². The van der Waals surface area contributed by atoms with Crippen LogP contribution in [0.25, 0.3) is 43.4 Å². The Labute approximate surface area is 248 Å². The fraction of sp³-hybridized carbons (Fsp3) is 0.211. The summed E-state index contributed by atoms with van der Waals surface area (Å²) in [6.07, 6.45) is 0.0752. The average Bonchev–Trinajstić information content (AvgIpc) is 3.30. The lowest BCUT2D eigenvalue weighted by atomic mass is 9.99. The Morgan fingerprint density at radius 1 is 0.595 bits per heavy atom. The van der Waals surface area contributed by atoms with Crippen molar-refractivity contribution >= 4 is 73.2 Å². The standard InChI is InChI=1S/C38H36N2OSi/c1-22-16-17-30-28-14-10-8-12-26(28)27-13-9-11-15-29(27)31-18-20-34-38-37(31)39(35(30)23(22)2)25(4)40(38)36-24(3)32(41-5)19-21-33(36)42(34,6)7/h8-21,25H,1-7H3/t25-/m0/s1. The van der Waals surface area contributed by atoms with Crippen molar-refractivity contribution in [2.24, 2.45) is 0 Å². The van der Waals surface area contributed by atoms with E-state index in [4.69, 9.17) is 4.74 Å². The van der Waals surface area contributed by atoms with E-state index in [0.717, 1.165) is 5.75 Å². The lowest BCUT2D eigenvalue weighted by Gasteiger charge is -2.41. The highest BCUT2D eigenvalue weighted by molar-refractivity contribution is 7.03. The summed E-state index contributed by atoms with van der Waals surface area (Å²) in [4.78, 5) is 2.64. The van der Waals surface area contributed by atoms with Crippen molar-refractivity contribution in [1.29, 1.82) is 0 Å². The topological polar surface area (TPSA) is 17.4 Å². The first kappa shape index (κ1) is 25.4. The molecule has 0 spiro atoms. The Balaban J connectivity index is 1.74. The molecule has 5 aromatic carbocycles. The Morgan fingerprint density at radius 3 is 1.74 bits per heavy atom. The lowest BCUT2D eigenvalue weighted by Crippen LogP contribution is -2.59. The van der Waals surface area contributed by atoms with E-state index in [1.165, 1.54) is 81.8 Å². The number of anilines is 2. The smallest absolute Gasteiger partial charge is 0.123 e. The zero-order chi connectivity index (χ0) is 29.1. The summed E-state index contributed by atoms with van der Waals surface area (Å²) < 4.78 is 8.58. The van der Waals surface area contributed by atoms with Gasteiger partial charge in [-0.3, -0.25) is 0 Å². The van der Waals surface area contributed by atoms with Crippen molar-refractivity contribution in [2.45, 2.75) is 47.0 Å². The lowest BCUT2D eigenvalue weighted by molar-refractivity contribution is 0.411. The quantitative estimate of drug-likeness (QED) is 0.186. The van der Waals surface area contributed by atoms with Gasteiger partial charge in [-0.2, -0.15) is 0 Å². The number of ether oxygens (including phenoxy) is 1. The fourth-order valence-corrected chi connectivity index (χ4v) is 11.0. The van der Waals surface area contributed by atoms with Crippen molar-refractivity contribution in [3.05, 3.63) is 102 Å². The third-order valence-corrected chi connectivity index (χ3v) is 13.7. The molecule has 1 aromatic heterocycles.